The number of carbonyl (C=O) groups is 2. The Kier molecular flexibility index (Phi) is 3.51. The van der Waals surface area contributed by atoms with Gasteiger partial charge in [0.2, 0.25) is 0 Å². The first kappa shape index (κ1) is 14.2. The second-order valence-electron chi connectivity index (χ2n) is 6.30. The summed E-state index contributed by atoms with van der Waals surface area (Å²) < 4.78 is 2.07. The van der Waals surface area contributed by atoms with Gasteiger partial charge in [-0.3, -0.25) is 9.59 Å². The fourth-order valence-electron chi connectivity index (χ4n) is 3.38. The SMILES string of the molecule is CCC1(C(=O)O)CCN(C(=O)c2cccn2C2CCC2)C1. The van der Waals surface area contributed by atoms with Crippen molar-refractivity contribution in [1.29, 1.82) is 0 Å². The van der Waals surface area contributed by atoms with Gasteiger partial charge in [0.25, 0.3) is 5.91 Å². The van der Waals surface area contributed by atoms with Crippen molar-refractivity contribution in [2.75, 3.05) is 13.1 Å². The number of hydrogen-bond acceptors (Lipinski definition) is 2. The summed E-state index contributed by atoms with van der Waals surface area (Å²) in [5.41, 5.74) is -0.0548. The molecule has 2 heterocycles. The van der Waals surface area contributed by atoms with Crippen LogP contribution in [0.2, 0.25) is 0 Å². The van der Waals surface area contributed by atoms with Gasteiger partial charge in [-0.05, 0) is 44.2 Å². The Balaban J connectivity index is 1.78. The van der Waals surface area contributed by atoms with Crippen molar-refractivity contribution in [3.63, 3.8) is 0 Å². The summed E-state index contributed by atoms with van der Waals surface area (Å²) in [5.74, 6) is -0.807. The molecule has 1 atom stereocenters. The van der Waals surface area contributed by atoms with Gasteiger partial charge < -0.3 is 14.6 Å². The Hall–Kier alpha value is -1.78. The molecule has 1 aromatic rings. The Morgan fingerprint density at radius 1 is 1.43 bits per heavy atom. The van der Waals surface area contributed by atoms with Crippen LogP contribution in [0.15, 0.2) is 18.3 Å². The maximum absolute atomic E-state index is 12.7. The van der Waals surface area contributed by atoms with Gasteiger partial charge in [-0.15, -0.1) is 0 Å². The number of likely N-dealkylation sites (tertiary alicyclic amines) is 1. The lowest BCUT2D eigenvalue weighted by Crippen LogP contribution is -2.37. The standard InChI is InChI=1S/C16H22N2O3/c1-2-16(15(20)21)8-10-17(11-16)14(19)13-7-4-9-18(13)12-5-3-6-12/h4,7,9,12H,2-3,5-6,8,10-11H2,1H3,(H,20,21). The van der Waals surface area contributed by atoms with E-state index < -0.39 is 11.4 Å². The van der Waals surface area contributed by atoms with Gasteiger partial charge in [0, 0.05) is 25.3 Å². The third kappa shape index (κ3) is 2.24. The second-order valence-corrected chi connectivity index (χ2v) is 6.30. The van der Waals surface area contributed by atoms with Crippen molar-refractivity contribution in [1.82, 2.24) is 9.47 Å². The van der Waals surface area contributed by atoms with E-state index in [4.69, 9.17) is 0 Å². The van der Waals surface area contributed by atoms with Crippen LogP contribution in [0, 0.1) is 5.41 Å². The van der Waals surface area contributed by atoms with Crippen molar-refractivity contribution in [2.24, 2.45) is 5.41 Å². The van der Waals surface area contributed by atoms with Gasteiger partial charge in [0.15, 0.2) is 0 Å². The van der Waals surface area contributed by atoms with Crippen LogP contribution in [-0.2, 0) is 4.79 Å². The first-order valence-corrected chi connectivity index (χ1v) is 7.77. The zero-order chi connectivity index (χ0) is 15.0. The van der Waals surface area contributed by atoms with Crippen LogP contribution < -0.4 is 0 Å². The molecule has 0 radical (unpaired) electrons. The minimum absolute atomic E-state index is 0.0246. The number of carboxylic acid groups (broad SMARTS) is 1. The number of carbonyl (C=O) groups excluding carboxylic acids is 1. The van der Waals surface area contributed by atoms with Crippen LogP contribution in [-0.4, -0.2) is 39.5 Å². The maximum atomic E-state index is 12.7. The van der Waals surface area contributed by atoms with E-state index in [0.717, 1.165) is 12.8 Å². The lowest BCUT2D eigenvalue weighted by atomic mass is 9.84. The molecule has 0 spiro atoms. The van der Waals surface area contributed by atoms with Crippen LogP contribution in [0.1, 0.15) is 55.6 Å². The van der Waals surface area contributed by atoms with E-state index in [9.17, 15) is 14.7 Å². The highest BCUT2D eigenvalue weighted by atomic mass is 16.4. The molecule has 3 rings (SSSR count). The van der Waals surface area contributed by atoms with E-state index in [1.165, 1.54) is 6.42 Å². The van der Waals surface area contributed by atoms with E-state index in [2.05, 4.69) is 4.57 Å². The summed E-state index contributed by atoms with van der Waals surface area (Å²) >= 11 is 0. The first-order chi connectivity index (χ1) is 10.1. The van der Waals surface area contributed by atoms with Crippen molar-refractivity contribution in [3.8, 4) is 0 Å². The summed E-state index contributed by atoms with van der Waals surface area (Å²) in [6.45, 7) is 2.75. The monoisotopic (exact) mass is 290 g/mol. The Labute approximate surface area is 124 Å². The quantitative estimate of drug-likeness (QED) is 0.927. The lowest BCUT2D eigenvalue weighted by Gasteiger charge is -2.30. The predicted octanol–water partition coefficient (Wildman–Crippen LogP) is 2.54. The zero-order valence-corrected chi connectivity index (χ0v) is 12.4. The number of nitrogens with zero attached hydrogens (tertiary/aromatic N) is 2. The summed E-state index contributed by atoms with van der Waals surface area (Å²) in [5, 5.41) is 9.44. The van der Waals surface area contributed by atoms with Gasteiger partial charge >= 0.3 is 5.97 Å². The minimum atomic E-state index is -0.783. The molecule has 5 heteroatoms. The van der Waals surface area contributed by atoms with Gasteiger partial charge in [-0.25, -0.2) is 0 Å². The molecule has 1 aliphatic carbocycles. The van der Waals surface area contributed by atoms with E-state index in [0.29, 0.717) is 37.7 Å². The molecule has 2 fully saturated rings. The molecule has 1 aromatic heterocycles. The largest absolute Gasteiger partial charge is 0.481 e. The Morgan fingerprint density at radius 2 is 2.19 bits per heavy atom. The number of rotatable bonds is 4. The molecular formula is C16H22N2O3. The van der Waals surface area contributed by atoms with Crippen LogP contribution in [0.3, 0.4) is 0 Å². The molecule has 0 aromatic carbocycles. The fourth-order valence-corrected chi connectivity index (χ4v) is 3.38. The molecule has 1 saturated heterocycles. The van der Waals surface area contributed by atoms with E-state index >= 15 is 0 Å². The molecular weight excluding hydrogens is 268 g/mol. The number of carboxylic acids is 1. The average Bonchev–Trinajstić information content (AvgIpc) is 3.03. The highest BCUT2D eigenvalue weighted by Crippen LogP contribution is 2.36. The highest BCUT2D eigenvalue weighted by molar-refractivity contribution is 5.93. The molecule has 21 heavy (non-hydrogen) atoms. The molecule has 0 bridgehead atoms. The summed E-state index contributed by atoms with van der Waals surface area (Å²) in [7, 11) is 0. The van der Waals surface area contributed by atoms with Crippen molar-refractivity contribution in [3.05, 3.63) is 24.0 Å². The number of aromatic nitrogens is 1. The normalized spacial score (nSPS) is 25.9. The smallest absolute Gasteiger partial charge is 0.311 e. The minimum Gasteiger partial charge on any atom is -0.481 e. The maximum Gasteiger partial charge on any atom is 0.311 e. The van der Waals surface area contributed by atoms with Crippen molar-refractivity contribution >= 4 is 11.9 Å². The van der Waals surface area contributed by atoms with Crippen LogP contribution >= 0.6 is 0 Å². The van der Waals surface area contributed by atoms with Crippen LogP contribution in [0.4, 0.5) is 0 Å². The summed E-state index contributed by atoms with van der Waals surface area (Å²) in [6, 6.07) is 4.20. The van der Waals surface area contributed by atoms with Gasteiger partial charge in [0.05, 0.1) is 5.41 Å². The predicted molar refractivity (Wildman–Crippen MR) is 78.2 cm³/mol. The van der Waals surface area contributed by atoms with E-state index in [1.807, 2.05) is 25.3 Å². The molecule has 2 aliphatic rings. The molecule has 5 nitrogen and oxygen atoms in total. The van der Waals surface area contributed by atoms with Gasteiger partial charge in [-0.1, -0.05) is 6.92 Å². The third-order valence-corrected chi connectivity index (χ3v) is 5.24. The molecule has 1 N–H and O–H groups in total. The molecule has 114 valence electrons. The molecule has 1 unspecified atom stereocenters. The summed E-state index contributed by atoms with van der Waals surface area (Å²) in [6.07, 6.45) is 6.56. The highest BCUT2D eigenvalue weighted by Gasteiger charge is 2.45. The van der Waals surface area contributed by atoms with Crippen molar-refractivity contribution < 1.29 is 14.7 Å². The zero-order valence-electron chi connectivity index (χ0n) is 12.4. The molecule has 1 aliphatic heterocycles. The first-order valence-electron chi connectivity index (χ1n) is 7.77. The van der Waals surface area contributed by atoms with Crippen LogP contribution in [0.25, 0.3) is 0 Å². The van der Waals surface area contributed by atoms with E-state index in [1.54, 1.807) is 4.90 Å². The fraction of sp³-hybridized carbons (Fsp3) is 0.625. The average molecular weight is 290 g/mol. The number of amides is 1. The summed E-state index contributed by atoms with van der Waals surface area (Å²) in [4.78, 5) is 25.9. The third-order valence-electron chi connectivity index (χ3n) is 5.24. The van der Waals surface area contributed by atoms with Crippen molar-refractivity contribution in [2.45, 2.75) is 45.1 Å². The molecule has 1 saturated carbocycles. The Bertz CT molecular complexity index is 562. The number of aliphatic carboxylic acids is 1. The Morgan fingerprint density at radius 3 is 2.71 bits per heavy atom. The number of hydrogen-bond donors (Lipinski definition) is 1. The van der Waals surface area contributed by atoms with Gasteiger partial charge in [0.1, 0.15) is 5.69 Å². The lowest BCUT2D eigenvalue weighted by molar-refractivity contribution is -0.148. The second kappa shape index (κ2) is 5.20. The van der Waals surface area contributed by atoms with E-state index in [-0.39, 0.29) is 5.91 Å². The van der Waals surface area contributed by atoms with Gasteiger partial charge in [-0.2, -0.15) is 0 Å². The molecule has 1 amide bonds. The van der Waals surface area contributed by atoms with Crippen LogP contribution in [0.5, 0.6) is 0 Å². The topological polar surface area (TPSA) is 62.5 Å².